The molecule has 3 fully saturated rings. The molecule has 2 atom stereocenters. The molecule has 3 aromatic heterocycles. The number of aryl methyl sites for hydroxylation is 1. The first-order valence-electron chi connectivity index (χ1n) is 14.0. The average Bonchev–Trinajstić information content (AvgIpc) is 3.45. The minimum Gasteiger partial charge on any atom is -0.475 e. The molecule has 224 valence electrons. The van der Waals surface area contributed by atoms with Crippen LogP contribution >= 0.6 is 0 Å². The van der Waals surface area contributed by atoms with Gasteiger partial charge in [-0.05, 0) is 51.0 Å². The highest BCUT2D eigenvalue weighted by atomic mass is 19.4. The summed E-state index contributed by atoms with van der Waals surface area (Å²) >= 11 is 0. The Kier molecular flexibility index (Phi) is 7.19. The number of imidazole rings is 1. The Morgan fingerprint density at radius 3 is 2.45 bits per heavy atom. The molecule has 6 heterocycles. The number of aliphatic carboxylic acids is 1. The zero-order valence-corrected chi connectivity index (χ0v) is 22.9. The highest BCUT2D eigenvalue weighted by molar-refractivity contribution is 6.03. The number of fused-ring (bicyclic) bond motifs is 4. The normalized spacial score (nSPS) is 21.7. The fourth-order valence-electron chi connectivity index (χ4n) is 6.26. The van der Waals surface area contributed by atoms with Crippen molar-refractivity contribution in [2.24, 2.45) is 5.92 Å². The van der Waals surface area contributed by atoms with Gasteiger partial charge in [0, 0.05) is 74.2 Å². The van der Waals surface area contributed by atoms with Crippen molar-refractivity contribution in [3.63, 3.8) is 0 Å². The number of rotatable bonds is 4. The number of carboxylic acid groups (broad SMARTS) is 1. The number of halogens is 4. The summed E-state index contributed by atoms with van der Waals surface area (Å²) in [7, 11) is 0. The molecule has 4 aliphatic rings. The fraction of sp³-hybridized carbons (Fsp3) is 0.500. The third-order valence-electron chi connectivity index (χ3n) is 8.38. The van der Waals surface area contributed by atoms with E-state index in [-0.39, 0.29) is 11.7 Å². The highest BCUT2D eigenvalue weighted by Gasteiger charge is 2.43. The van der Waals surface area contributed by atoms with Crippen molar-refractivity contribution in [3.05, 3.63) is 47.8 Å². The molecule has 0 spiro atoms. The van der Waals surface area contributed by atoms with Gasteiger partial charge in [-0.25, -0.2) is 23.9 Å². The summed E-state index contributed by atoms with van der Waals surface area (Å²) in [5, 5.41) is 9.88. The third kappa shape index (κ3) is 5.59. The Morgan fingerprint density at radius 2 is 1.81 bits per heavy atom. The van der Waals surface area contributed by atoms with Gasteiger partial charge in [0.25, 0.3) is 0 Å². The van der Waals surface area contributed by atoms with Gasteiger partial charge >= 0.3 is 18.2 Å². The van der Waals surface area contributed by atoms with Gasteiger partial charge in [-0.2, -0.15) is 13.2 Å². The molecule has 1 aliphatic carbocycles. The molecule has 3 aromatic rings. The molecule has 2 amide bonds. The molecule has 3 aliphatic heterocycles. The molecule has 2 N–H and O–H groups in total. The average molecular weight is 590 g/mol. The van der Waals surface area contributed by atoms with E-state index >= 15 is 0 Å². The molecule has 2 unspecified atom stereocenters. The van der Waals surface area contributed by atoms with Gasteiger partial charge in [0.05, 0.1) is 11.4 Å². The van der Waals surface area contributed by atoms with Crippen molar-refractivity contribution in [1.82, 2.24) is 19.3 Å². The van der Waals surface area contributed by atoms with E-state index in [0.717, 1.165) is 36.7 Å². The topological polar surface area (TPSA) is 106 Å². The van der Waals surface area contributed by atoms with Crippen LogP contribution in [0.3, 0.4) is 0 Å². The largest absolute Gasteiger partial charge is 0.490 e. The quantitative estimate of drug-likeness (QED) is 0.433. The number of aromatic nitrogens is 3. The fourth-order valence-corrected chi connectivity index (χ4v) is 6.26. The number of hydrogen-bond donors (Lipinski definition) is 2. The molecule has 0 radical (unpaired) electrons. The van der Waals surface area contributed by atoms with E-state index in [1.165, 1.54) is 44.0 Å². The van der Waals surface area contributed by atoms with Crippen LogP contribution in [0.15, 0.2) is 30.7 Å². The molecule has 2 saturated heterocycles. The number of nitrogens with zero attached hydrogens (tertiary/aromatic N) is 6. The summed E-state index contributed by atoms with van der Waals surface area (Å²) in [5.41, 5.74) is 3.77. The summed E-state index contributed by atoms with van der Waals surface area (Å²) in [5.74, 6) is -1.65. The maximum atomic E-state index is 14.7. The summed E-state index contributed by atoms with van der Waals surface area (Å²) in [6, 6.07) is 4.34. The molecule has 0 aromatic carbocycles. The van der Waals surface area contributed by atoms with Gasteiger partial charge < -0.3 is 19.7 Å². The number of carboxylic acids is 1. The van der Waals surface area contributed by atoms with E-state index in [1.54, 1.807) is 27.9 Å². The van der Waals surface area contributed by atoms with Gasteiger partial charge in [-0.1, -0.05) is 0 Å². The maximum absolute atomic E-state index is 14.7. The summed E-state index contributed by atoms with van der Waals surface area (Å²) in [6.07, 6.45) is 6.21. The van der Waals surface area contributed by atoms with Gasteiger partial charge in [-0.15, -0.1) is 0 Å². The SMILES string of the molecule is Cc1cn2cc(NC(=O)N3CCc4c(N5CC6CCC(C5)N6CC5CC5)ccnc43)c(F)cc2n1.O=C(O)C(F)(F)F. The first-order chi connectivity index (χ1) is 20.0. The summed E-state index contributed by atoms with van der Waals surface area (Å²) < 4.78 is 48.1. The number of piperazine rings is 1. The van der Waals surface area contributed by atoms with Crippen molar-refractivity contribution in [1.29, 1.82) is 0 Å². The Bertz CT molecular complexity index is 1510. The lowest BCUT2D eigenvalue weighted by molar-refractivity contribution is -0.192. The molecule has 2 bridgehead atoms. The Hall–Kier alpha value is -3.94. The monoisotopic (exact) mass is 589 g/mol. The third-order valence-corrected chi connectivity index (χ3v) is 8.38. The van der Waals surface area contributed by atoms with Gasteiger partial charge in [0.1, 0.15) is 11.5 Å². The minimum atomic E-state index is -5.08. The van der Waals surface area contributed by atoms with Crippen molar-refractivity contribution in [2.75, 3.05) is 41.3 Å². The number of nitrogens with one attached hydrogen (secondary N) is 1. The van der Waals surface area contributed by atoms with Crippen molar-refractivity contribution in [2.45, 2.75) is 57.3 Å². The summed E-state index contributed by atoms with van der Waals surface area (Å²) in [4.78, 5) is 37.8. The molecule has 7 rings (SSSR count). The van der Waals surface area contributed by atoms with Crippen molar-refractivity contribution in [3.8, 4) is 0 Å². The lowest BCUT2D eigenvalue weighted by Gasteiger charge is -2.42. The number of carbonyl (C=O) groups excluding carboxylic acids is 1. The van der Waals surface area contributed by atoms with Crippen LogP contribution in [0.4, 0.5) is 39.5 Å². The number of pyridine rings is 2. The van der Waals surface area contributed by atoms with E-state index in [0.29, 0.717) is 30.1 Å². The summed E-state index contributed by atoms with van der Waals surface area (Å²) in [6.45, 7) is 5.75. The predicted octanol–water partition coefficient (Wildman–Crippen LogP) is 4.47. The number of urea groups is 1. The molecule has 42 heavy (non-hydrogen) atoms. The minimum absolute atomic E-state index is 0.132. The van der Waals surface area contributed by atoms with Crippen LogP contribution in [0.25, 0.3) is 5.65 Å². The van der Waals surface area contributed by atoms with Gasteiger partial charge in [-0.3, -0.25) is 9.80 Å². The van der Waals surface area contributed by atoms with Crippen LogP contribution in [0.5, 0.6) is 0 Å². The molecular weight excluding hydrogens is 558 g/mol. The highest BCUT2D eigenvalue weighted by Crippen LogP contribution is 2.40. The van der Waals surface area contributed by atoms with E-state index in [1.807, 2.05) is 6.92 Å². The van der Waals surface area contributed by atoms with Crippen LogP contribution in [-0.2, 0) is 11.2 Å². The Labute approximate surface area is 238 Å². The molecule has 14 heteroatoms. The predicted molar refractivity (Wildman–Crippen MR) is 146 cm³/mol. The standard InChI is InChI=1S/C26H30FN7O.C2HF3O2/c1-16-11-32-15-22(21(27)10-24(32)29-16)30-26(35)33-9-7-20-23(6-8-28-25(20)33)31-13-18-4-5-19(14-31)34(18)12-17-2-3-17;3-2(4,5)1(6)7/h6,8,10-11,15,17-19H,2-5,7,9,12-14H2,1H3,(H,30,35);(H,6,7). The first kappa shape index (κ1) is 28.2. The molecule has 1 saturated carbocycles. The van der Waals surface area contributed by atoms with Crippen LogP contribution in [0.1, 0.15) is 36.9 Å². The zero-order chi connectivity index (χ0) is 29.8. The van der Waals surface area contributed by atoms with Crippen LogP contribution in [0.2, 0.25) is 0 Å². The van der Waals surface area contributed by atoms with Crippen LogP contribution in [-0.4, -0.2) is 80.8 Å². The zero-order valence-electron chi connectivity index (χ0n) is 22.9. The van der Waals surface area contributed by atoms with Gasteiger partial charge in [0.2, 0.25) is 0 Å². The first-order valence-corrected chi connectivity index (χ1v) is 14.0. The lowest BCUT2D eigenvalue weighted by Crippen LogP contribution is -2.54. The van der Waals surface area contributed by atoms with Crippen LogP contribution in [0, 0.1) is 18.7 Å². The Morgan fingerprint density at radius 1 is 1.12 bits per heavy atom. The van der Waals surface area contributed by atoms with E-state index in [4.69, 9.17) is 9.90 Å². The maximum Gasteiger partial charge on any atom is 0.490 e. The second-order valence-corrected chi connectivity index (χ2v) is 11.4. The second kappa shape index (κ2) is 10.7. The molecular formula is C28H31F4N7O3. The van der Waals surface area contributed by atoms with Crippen molar-refractivity contribution >= 4 is 34.8 Å². The van der Waals surface area contributed by atoms with Crippen molar-refractivity contribution < 1.29 is 32.3 Å². The number of anilines is 3. The second-order valence-electron chi connectivity index (χ2n) is 11.4. The number of hydrogen-bond acceptors (Lipinski definition) is 6. The smallest absolute Gasteiger partial charge is 0.475 e. The number of alkyl halides is 3. The van der Waals surface area contributed by atoms with E-state index in [2.05, 4.69) is 31.2 Å². The molecule has 10 nitrogen and oxygen atoms in total. The van der Waals surface area contributed by atoms with E-state index < -0.39 is 18.0 Å². The van der Waals surface area contributed by atoms with Crippen LogP contribution < -0.4 is 15.1 Å². The number of amides is 2. The van der Waals surface area contributed by atoms with Gasteiger partial charge in [0.15, 0.2) is 5.82 Å². The van der Waals surface area contributed by atoms with E-state index in [9.17, 15) is 22.4 Å². The lowest BCUT2D eigenvalue weighted by atomic mass is 10.1. The Balaban J connectivity index is 0.000000405. The number of carbonyl (C=O) groups is 2.